The first-order valence-electron chi connectivity index (χ1n) is 10.5. The highest BCUT2D eigenvalue weighted by atomic mass is 16.5. The molecule has 0 radical (unpaired) electrons. The normalized spacial score (nSPS) is 14.6. The number of benzene rings is 1. The number of ether oxygens (including phenoxy) is 1. The lowest BCUT2D eigenvalue weighted by atomic mass is 10.1. The number of morpholine rings is 1. The van der Waals surface area contributed by atoms with Gasteiger partial charge in [0.15, 0.2) is 0 Å². The third-order valence-corrected chi connectivity index (χ3v) is 5.48. The largest absolute Gasteiger partial charge is 0.379 e. The van der Waals surface area contributed by atoms with Gasteiger partial charge < -0.3 is 19.5 Å². The highest BCUT2D eigenvalue weighted by molar-refractivity contribution is 6.45. The van der Waals surface area contributed by atoms with E-state index in [2.05, 4.69) is 10.2 Å². The zero-order valence-electron chi connectivity index (χ0n) is 17.7. The molecule has 162 valence electrons. The first kappa shape index (κ1) is 22.0. The molecule has 8 nitrogen and oxygen atoms in total. The molecule has 1 aromatic heterocycles. The number of hydrogen-bond donors (Lipinski definition) is 1. The summed E-state index contributed by atoms with van der Waals surface area (Å²) in [4.78, 5) is 41.8. The topological polar surface area (TPSA) is 83.9 Å². The van der Waals surface area contributed by atoms with Gasteiger partial charge in [0.1, 0.15) is 6.54 Å². The molecule has 0 saturated carbocycles. The third-order valence-electron chi connectivity index (χ3n) is 5.48. The molecule has 3 rings (SSSR count). The van der Waals surface area contributed by atoms with Crippen LogP contribution in [0.2, 0.25) is 0 Å². The Morgan fingerprint density at radius 2 is 1.80 bits per heavy atom. The van der Waals surface area contributed by atoms with E-state index >= 15 is 0 Å². The first-order valence-corrected chi connectivity index (χ1v) is 10.5. The minimum atomic E-state index is -0.624. The summed E-state index contributed by atoms with van der Waals surface area (Å²) in [6.45, 7) is 9.40. The molecule has 1 aliphatic rings. The van der Waals surface area contributed by atoms with Gasteiger partial charge in [-0.3, -0.25) is 19.3 Å². The number of fused-ring (bicyclic) bond motifs is 1. The minimum Gasteiger partial charge on any atom is -0.379 e. The third kappa shape index (κ3) is 5.06. The quantitative estimate of drug-likeness (QED) is 0.491. The molecule has 1 fully saturated rings. The van der Waals surface area contributed by atoms with Gasteiger partial charge in [0.25, 0.3) is 11.7 Å². The number of ketones is 1. The van der Waals surface area contributed by atoms with Gasteiger partial charge in [-0.1, -0.05) is 18.2 Å². The van der Waals surface area contributed by atoms with Gasteiger partial charge in [-0.15, -0.1) is 0 Å². The number of Topliss-reactive ketones (excluding diaryl/α,β-unsaturated/α-hetero) is 1. The van der Waals surface area contributed by atoms with Crippen LogP contribution in [0.25, 0.3) is 10.9 Å². The van der Waals surface area contributed by atoms with E-state index in [1.54, 1.807) is 15.7 Å². The van der Waals surface area contributed by atoms with Crippen molar-refractivity contribution in [2.75, 3.05) is 52.5 Å². The molecular formula is C22H30N4O4. The molecule has 0 bridgehead atoms. The van der Waals surface area contributed by atoms with Crippen molar-refractivity contribution in [2.24, 2.45) is 0 Å². The van der Waals surface area contributed by atoms with Gasteiger partial charge in [-0.05, 0) is 19.9 Å². The van der Waals surface area contributed by atoms with Crippen molar-refractivity contribution in [3.63, 3.8) is 0 Å². The fourth-order valence-electron chi connectivity index (χ4n) is 3.74. The number of nitrogens with one attached hydrogen (secondary N) is 1. The number of carbonyl (C=O) groups is 3. The number of para-hydroxylation sites is 1. The fourth-order valence-corrected chi connectivity index (χ4v) is 3.74. The molecule has 0 unspecified atom stereocenters. The Morgan fingerprint density at radius 3 is 2.50 bits per heavy atom. The van der Waals surface area contributed by atoms with Crippen LogP contribution < -0.4 is 5.32 Å². The Kier molecular flexibility index (Phi) is 7.59. The summed E-state index contributed by atoms with van der Waals surface area (Å²) >= 11 is 0. The van der Waals surface area contributed by atoms with Crippen LogP contribution in [0.1, 0.15) is 24.2 Å². The first-order chi connectivity index (χ1) is 14.5. The molecule has 1 N–H and O–H groups in total. The standard InChI is InChI=1S/C22H30N4O4/c1-3-25(4-2)20(27)16-26-15-18(17-7-5-6-8-19(17)26)21(28)22(29)23-9-10-24-11-13-30-14-12-24/h5-8,15H,3-4,9-14,16H2,1-2H3,(H,23,29). The van der Waals surface area contributed by atoms with Crippen molar-refractivity contribution in [1.29, 1.82) is 0 Å². The molecule has 1 aromatic carbocycles. The molecule has 1 aliphatic heterocycles. The van der Waals surface area contributed by atoms with Crippen LogP contribution in [-0.4, -0.2) is 84.4 Å². The summed E-state index contributed by atoms with van der Waals surface area (Å²) in [5, 5.41) is 3.40. The Labute approximate surface area is 176 Å². The van der Waals surface area contributed by atoms with Gasteiger partial charge in [0.05, 0.1) is 18.8 Å². The van der Waals surface area contributed by atoms with E-state index in [1.165, 1.54) is 0 Å². The highest BCUT2D eigenvalue weighted by Crippen LogP contribution is 2.22. The number of rotatable bonds is 9. The zero-order chi connectivity index (χ0) is 21.5. The van der Waals surface area contributed by atoms with Crippen LogP contribution >= 0.6 is 0 Å². The predicted octanol–water partition coefficient (Wildman–Crippen LogP) is 1.14. The van der Waals surface area contributed by atoms with Gasteiger partial charge in [0.2, 0.25) is 5.91 Å². The number of aromatic nitrogens is 1. The van der Waals surface area contributed by atoms with E-state index in [4.69, 9.17) is 4.74 Å². The maximum Gasteiger partial charge on any atom is 0.292 e. The number of carbonyl (C=O) groups excluding carboxylic acids is 3. The molecule has 30 heavy (non-hydrogen) atoms. The van der Waals surface area contributed by atoms with E-state index in [0.29, 0.717) is 50.3 Å². The van der Waals surface area contributed by atoms with E-state index in [9.17, 15) is 14.4 Å². The fraction of sp³-hybridized carbons (Fsp3) is 0.500. The molecule has 2 aromatic rings. The Bertz CT molecular complexity index is 898. The lowest BCUT2D eigenvalue weighted by Crippen LogP contribution is -2.42. The molecule has 0 spiro atoms. The van der Waals surface area contributed by atoms with Crippen molar-refractivity contribution >= 4 is 28.5 Å². The number of hydrogen-bond acceptors (Lipinski definition) is 5. The summed E-state index contributed by atoms with van der Waals surface area (Å²) in [6.07, 6.45) is 1.62. The molecule has 2 amide bonds. The predicted molar refractivity (Wildman–Crippen MR) is 114 cm³/mol. The lowest BCUT2D eigenvalue weighted by molar-refractivity contribution is -0.131. The number of amides is 2. The van der Waals surface area contributed by atoms with Gasteiger partial charge in [0, 0.05) is 56.4 Å². The average Bonchev–Trinajstić information content (AvgIpc) is 3.13. The Morgan fingerprint density at radius 1 is 1.10 bits per heavy atom. The lowest BCUT2D eigenvalue weighted by Gasteiger charge is -2.26. The second kappa shape index (κ2) is 10.4. The summed E-state index contributed by atoms with van der Waals surface area (Å²) in [5.74, 6) is -1.22. The molecular weight excluding hydrogens is 384 g/mol. The van der Waals surface area contributed by atoms with Crippen LogP contribution in [0, 0.1) is 0 Å². The molecule has 0 aliphatic carbocycles. The van der Waals surface area contributed by atoms with Crippen molar-refractivity contribution in [2.45, 2.75) is 20.4 Å². The van der Waals surface area contributed by atoms with Crippen molar-refractivity contribution < 1.29 is 19.1 Å². The van der Waals surface area contributed by atoms with Crippen molar-refractivity contribution in [1.82, 2.24) is 19.7 Å². The molecule has 2 heterocycles. The molecule has 1 saturated heterocycles. The maximum atomic E-state index is 12.8. The summed E-state index contributed by atoms with van der Waals surface area (Å²) in [5.41, 5.74) is 1.09. The minimum absolute atomic E-state index is 0.0188. The van der Waals surface area contributed by atoms with Gasteiger partial charge in [-0.25, -0.2) is 0 Å². The second-order valence-electron chi connectivity index (χ2n) is 7.29. The SMILES string of the molecule is CCN(CC)C(=O)Cn1cc(C(=O)C(=O)NCCN2CCOCC2)c2ccccc21. The van der Waals surface area contributed by atoms with Crippen LogP contribution in [0.4, 0.5) is 0 Å². The second-order valence-corrected chi connectivity index (χ2v) is 7.29. The summed E-state index contributed by atoms with van der Waals surface area (Å²) < 4.78 is 7.06. The Hall–Kier alpha value is -2.71. The molecule has 8 heteroatoms. The Balaban J connectivity index is 1.70. The summed E-state index contributed by atoms with van der Waals surface area (Å²) in [6, 6.07) is 7.35. The monoisotopic (exact) mass is 414 g/mol. The van der Waals surface area contributed by atoms with Gasteiger partial charge >= 0.3 is 0 Å². The van der Waals surface area contributed by atoms with Crippen LogP contribution in [0.3, 0.4) is 0 Å². The maximum absolute atomic E-state index is 12.8. The van der Waals surface area contributed by atoms with E-state index in [-0.39, 0.29) is 12.5 Å². The van der Waals surface area contributed by atoms with E-state index < -0.39 is 11.7 Å². The van der Waals surface area contributed by atoms with E-state index in [0.717, 1.165) is 18.6 Å². The smallest absolute Gasteiger partial charge is 0.292 e. The van der Waals surface area contributed by atoms with Gasteiger partial charge in [-0.2, -0.15) is 0 Å². The number of nitrogens with zero attached hydrogens (tertiary/aromatic N) is 3. The van der Waals surface area contributed by atoms with Crippen LogP contribution in [0.15, 0.2) is 30.5 Å². The highest BCUT2D eigenvalue weighted by Gasteiger charge is 2.23. The van der Waals surface area contributed by atoms with Crippen molar-refractivity contribution in [3.05, 3.63) is 36.0 Å². The average molecular weight is 415 g/mol. The van der Waals surface area contributed by atoms with E-state index in [1.807, 2.05) is 38.1 Å². The van der Waals surface area contributed by atoms with Crippen molar-refractivity contribution in [3.8, 4) is 0 Å². The summed E-state index contributed by atoms with van der Waals surface area (Å²) in [7, 11) is 0. The number of likely N-dealkylation sites (N-methyl/N-ethyl adjacent to an activating group) is 1. The van der Waals surface area contributed by atoms with Crippen LogP contribution in [0.5, 0.6) is 0 Å². The van der Waals surface area contributed by atoms with Crippen LogP contribution in [-0.2, 0) is 20.9 Å². The zero-order valence-corrected chi connectivity index (χ0v) is 17.7. The molecule has 0 atom stereocenters.